The molecule has 1 aromatic heterocycles. The van der Waals surface area contributed by atoms with Crippen LogP contribution in [0.4, 0.5) is 5.69 Å². The molecule has 2 heterocycles. The van der Waals surface area contributed by atoms with Gasteiger partial charge in [0.15, 0.2) is 5.82 Å². The highest BCUT2D eigenvalue weighted by Crippen LogP contribution is 2.38. The Morgan fingerprint density at radius 2 is 2.00 bits per heavy atom. The summed E-state index contributed by atoms with van der Waals surface area (Å²) in [7, 11) is 4.10. The quantitative estimate of drug-likeness (QED) is 0.937. The van der Waals surface area contributed by atoms with Crippen LogP contribution in [-0.2, 0) is 6.42 Å². The summed E-state index contributed by atoms with van der Waals surface area (Å²) in [6.07, 6.45) is 2.03. The van der Waals surface area contributed by atoms with Gasteiger partial charge in [-0.1, -0.05) is 30.8 Å². The maximum atomic E-state index is 4.24. The molecule has 0 amide bonds. The summed E-state index contributed by atoms with van der Waals surface area (Å²) in [4.78, 5) is 2.10. The molecule has 1 aliphatic heterocycles. The molecule has 3 rings (SSSR count). The minimum Gasteiger partial charge on any atom is -0.378 e. The normalized spacial score (nSPS) is 16.9. The maximum absolute atomic E-state index is 4.24. The second-order valence-corrected chi connectivity index (χ2v) is 6.17. The van der Waals surface area contributed by atoms with Crippen LogP contribution in [0.5, 0.6) is 0 Å². The number of hydrogen-bond donors (Lipinski definition) is 1. The van der Waals surface area contributed by atoms with Crippen molar-refractivity contribution >= 4 is 17.4 Å². The van der Waals surface area contributed by atoms with Gasteiger partial charge in [-0.3, -0.25) is 0 Å². The molecule has 1 aromatic carbocycles. The van der Waals surface area contributed by atoms with E-state index < -0.39 is 0 Å². The van der Waals surface area contributed by atoms with E-state index in [1.807, 2.05) is 4.68 Å². The lowest BCUT2D eigenvalue weighted by Gasteiger charge is -2.15. The third-order valence-electron chi connectivity index (χ3n) is 3.36. The molecular weight excluding hydrogens is 270 g/mol. The van der Waals surface area contributed by atoms with Crippen LogP contribution < -0.4 is 10.3 Å². The first-order chi connectivity index (χ1) is 9.69. The Balaban J connectivity index is 1.77. The molecule has 1 aliphatic rings. The monoisotopic (exact) mass is 289 g/mol. The van der Waals surface area contributed by atoms with Crippen molar-refractivity contribution in [3.8, 4) is 0 Å². The van der Waals surface area contributed by atoms with E-state index in [-0.39, 0.29) is 5.37 Å². The van der Waals surface area contributed by atoms with Gasteiger partial charge in [0.25, 0.3) is 0 Å². The fourth-order valence-electron chi connectivity index (χ4n) is 2.23. The van der Waals surface area contributed by atoms with Crippen molar-refractivity contribution in [2.45, 2.75) is 30.3 Å². The lowest BCUT2D eigenvalue weighted by molar-refractivity contribution is 0.714. The largest absolute Gasteiger partial charge is 0.378 e. The van der Waals surface area contributed by atoms with E-state index in [1.54, 1.807) is 11.8 Å². The van der Waals surface area contributed by atoms with Crippen molar-refractivity contribution in [2.24, 2.45) is 0 Å². The maximum Gasteiger partial charge on any atom is 0.212 e. The van der Waals surface area contributed by atoms with Gasteiger partial charge in [0, 0.05) is 26.2 Å². The average molecular weight is 289 g/mol. The average Bonchev–Trinajstić information content (AvgIpc) is 3.01. The van der Waals surface area contributed by atoms with E-state index >= 15 is 0 Å². The molecule has 0 aliphatic carbocycles. The van der Waals surface area contributed by atoms with Crippen molar-refractivity contribution in [3.63, 3.8) is 0 Å². The first-order valence-electron chi connectivity index (χ1n) is 6.84. The third-order valence-corrected chi connectivity index (χ3v) is 4.44. The molecule has 2 aromatic rings. The number of thioether (sulfide) groups is 1. The Labute approximate surface area is 123 Å². The minimum absolute atomic E-state index is 0.215. The predicted molar refractivity (Wildman–Crippen MR) is 82.7 cm³/mol. The van der Waals surface area contributed by atoms with Gasteiger partial charge in [-0.05, 0) is 24.1 Å². The smallest absolute Gasteiger partial charge is 0.212 e. The summed E-state index contributed by atoms with van der Waals surface area (Å²) in [5, 5.41) is 9.63. The first kappa shape index (κ1) is 13.3. The molecule has 5 nitrogen and oxygen atoms in total. The van der Waals surface area contributed by atoms with Crippen LogP contribution in [-0.4, -0.2) is 29.0 Å². The zero-order valence-corrected chi connectivity index (χ0v) is 12.8. The summed E-state index contributed by atoms with van der Waals surface area (Å²) in [6, 6.07) is 8.62. The molecular formula is C14H19N5S. The van der Waals surface area contributed by atoms with Crippen LogP contribution in [0.15, 0.2) is 29.4 Å². The summed E-state index contributed by atoms with van der Waals surface area (Å²) < 4.78 is 2.03. The number of aryl methyl sites for hydroxylation is 1. The van der Waals surface area contributed by atoms with Crippen LogP contribution in [0.1, 0.15) is 30.1 Å². The number of fused-ring (bicyclic) bond motifs is 1. The highest BCUT2D eigenvalue weighted by atomic mass is 32.2. The van der Waals surface area contributed by atoms with Gasteiger partial charge in [0.2, 0.25) is 5.16 Å². The standard InChI is InChI=1S/C14H19N5S/c1-4-5-12-15-16-14-19(12)17-13(20-14)10-6-8-11(9-7-10)18(2)3/h6-9,13,17H,4-5H2,1-3H3/t13-/m0/s1. The molecule has 0 unspecified atom stereocenters. The SMILES string of the molecule is CCCc1nnc2n1N[C@H](c1ccc(N(C)C)cc1)S2. The molecule has 0 fully saturated rings. The Morgan fingerprint density at radius 3 is 2.65 bits per heavy atom. The zero-order valence-electron chi connectivity index (χ0n) is 12.0. The van der Waals surface area contributed by atoms with Gasteiger partial charge < -0.3 is 10.3 Å². The van der Waals surface area contributed by atoms with Crippen LogP contribution in [0.2, 0.25) is 0 Å². The number of rotatable bonds is 4. The topological polar surface area (TPSA) is 46.0 Å². The first-order valence-corrected chi connectivity index (χ1v) is 7.71. The number of benzene rings is 1. The van der Waals surface area contributed by atoms with E-state index in [2.05, 4.69) is 65.8 Å². The summed E-state index contributed by atoms with van der Waals surface area (Å²) in [6.45, 7) is 2.15. The number of anilines is 1. The Kier molecular flexibility index (Phi) is 3.56. The fourth-order valence-corrected chi connectivity index (χ4v) is 3.24. The second-order valence-electron chi connectivity index (χ2n) is 5.10. The number of nitrogens with zero attached hydrogens (tertiary/aromatic N) is 4. The van der Waals surface area contributed by atoms with Gasteiger partial charge >= 0.3 is 0 Å². The molecule has 106 valence electrons. The molecule has 0 spiro atoms. The van der Waals surface area contributed by atoms with Crippen LogP contribution >= 0.6 is 11.8 Å². The number of aromatic nitrogens is 3. The molecule has 0 saturated heterocycles. The van der Waals surface area contributed by atoms with Gasteiger partial charge in [0.1, 0.15) is 5.37 Å². The number of hydrogen-bond acceptors (Lipinski definition) is 5. The summed E-state index contributed by atoms with van der Waals surface area (Å²) in [5.74, 6) is 1.02. The van der Waals surface area contributed by atoms with Crippen LogP contribution in [0.25, 0.3) is 0 Å². The van der Waals surface area contributed by atoms with Crippen molar-refractivity contribution in [2.75, 3.05) is 24.4 Å². The second kappa shape index (κ2) is 5.36. The van der Waals surface area contributed by atoms with E-state index in [4.69, 9.17) is 0 Å². The van der Waals surface area contributed by atoms with Gasteiger partial charge in [-0.2, -0.15) is 0 Å². The van der Waals surface area contributed by atoms with Crippen LogP contribution in [0, 0.1) is 0 Å². The highest BCUT2D eigenvalue weighted by molar-refractivity contribution is 7.99. The van der Waals surface area contributed by atoms with Gasteiger partial charge in [-0.15, -0.1) is 10.2 Å². The Hall–Kier alpha value is -1.69. The van der Waals surface area contributed by atoms with Gasteiger partial charge in [0.05, 0.1) is 0 Å². The van der Waals surface area contributed by atoms with Crippen molar-refractivity contribution in [1.82, 2.24) is 14.9 Å². The predicted octanol–water partition coefficient (Wildman–Crippen LogP) is 2.64. The molecule has 1 N–H and O–H groups in total. The van der Waals surface area contributed by atoms with E-state index in [0.29, 0.717) is 0 Å². The lowest BCUT2D eigenvalue weighted by Crippen LogP contribution is -2.15. The van der Waals surface area contributed by atoms with E-state index in [1.165, 1.54) is 11.3 Å². The fraction of sp³-hybridized carbons (Fsp3) is 0.429. The molecule has 6 heteroatoms. The Bertz CT molecular complexity index is 590. The summed E-state index contributed by atoms with van der Waals surface area (Å²) >= 11 is 1.71. The molecule has 0 saturated carbocycles. The Morgan fingerprint density at radius 1 is 1.25 bits per heavy atom. The summed E-state index contributed by atoms with van der Waals surface area (Å²) in [5.41, 5.74) is 5.94. The highest BCUT2D eigenvalue weighted by Gasteiger charge is 2.27. The minimum atomic E-state index is 0.215. The van der Waals surface area contributed by atoms with E-state index in [0.717, 1.165) is 23.8 Å². The van der Waals surface area contributed by atoms with Crippen molar-refractivity contribution < 1.29 is 0 Å². The molecule has 0 radical (unpaired) electrons. The van der Waals surface area contributed by atoms with E-state index in [9.17, 15) is 0 Å². The van der Waals surface area contributed by atoms with Crippen LogP contribution in [0.3, 0.4) is 0 Å². The molecule has 20 heavy (non-hydrogen) atoms. The van der Waals surface area contributed by atoms with Crippen molar-refractivity contribution in [3.05, 3.63) is 35.7 Å². The molecule has 1 atom stereocenters. The van der Waals surface area contributed by atoms with Gasteiger partial charge in [-0.25, -0.2) is 4.68 Å². The lowest BCUT2D eigenvalue weighted by atomic mass is 10.2. The van der Waals surface area contributed by atoms with Crippen molar-refractivity contribution in [1.29, 1.82) is 0 Å². The molecule has 0 bridgehead atoms. The number of nitrogens with one attached hydrogen (secondary N) is 1. The third kappa shape index (κ3) is 2.35. The zero-order chi connectivity index (χ0) is 14.1.